The number of nitrogens with two attached hydrogens (primary N) is 1. The standard InChI is InChI=1S/C11H14ClFN2O3S/c1-7-6-18-3-2-15(7)19(16,17)11-5-10(14)9(13)4-8(11)12/h4-5,7H,2-3,6,14H2,1H3/t7-/m1/s1. The summed E-state index contributed by atoms with van der Waals surface area (Å²) in [6.07, 6.45) is 0. The Morgan fingerprint density at radius 1 is 1.53 bits per heavy atom. The molecule has 1 aromatic carbocycles. The lowest BCUT2D eigenvalue weighted by atomic mass is 10.3. The van der Waals surface area contributed by atoms with Gasteiger partial charge in [0.1, 0.15) is 10.7 Å². The lowest BCUT2D eigenvalue weighted by Gasteiger charge is -2.32. The number of hydrogen-bond acceptors (Lipinski definition) is 4. The first-order valence-corrected chi connectivity index (χ1v) is 7.50. The molecule has 1 heterocycles. The zero-order chi connectivity index (χ0) is 14.2. The molecule has 0 spiro atoms. The second-order valence-corrected chi connectivity index (χ2v) is 6.61. The van der Waals surface area contributed by atoms with Crippen LogP contribution in [0.25, 0.3) is 0 Å². The first kappa shape index (κ1) is 14.5. The molecule has 5 nitrogen and oxygen atoms in total. The van der Waals surface area contributed by atoms with E-state index in [9.17, 15) is 12.8 Å². The van der Waals surface area contributed by atoms with Gasteiger partial charge in [-0.05, 0) is 19.1 Å². The van der Waals surface area contributed by atoms with Crippen LogP contribution in [0.4, 0.5) is 10.1 Å². The topological polar surface area (TPSA) is 72.6 Å². The van der Waals surface area contributed by atoms with Gasteiger partial charge in [-0.25, -0.2) is 12.8 Å². The lowest BCUT2D eigenvalue weighted by Crippen LogP contribution is -2.47. The Morgan fingerprint density at radius 3 is 2.84 bits per heavy atom. The molecular weight excluding hydrogens is 295 g/mol. The van der Waals surface area contributed by atoms with Crippen molar-refractivity contribution in [2.24, 2.45) is 0 Å². The Kier molecular flexibility index (Phi) is 4.00. The monoisotopic (exact) mass is 308 g/mol. The average Bonchev–Trinajstić information content (AvgIpc) is 2.34. The highest BCUT2D eigenvalue weighted by Gasteiger charge is 2.33. The van der Waals surface area contributed by atoms with Gasteiger partial charge in [0.2, 0.25) is 10.0 Å². The Morgan fingerprint density at radius 2 is 2.21 bits per heavy atom. The summed E-state index contributed by atoms with van der Waals surface area (Å²) in [5, 5.41) is -0.176. The minimum Gasteiger partial charge on any atom is -0.396 e. The zero-order valence-electron chi connectivity index (χ0n) is 10.3. The van der Waals surface area contributed by atoms with Gasteiger partial charge in [-0.2, -0.15) is 4.31 Å². The van der Waals surface area contributed by atoms with Crippen molar-refractivity contribution >= 4 is 27.3 Å². The van der Waals surface area contributed by atoms with Gasteiger partial charge in [0.05, 0.1) is 23.9 Å². The molecule has 1 atom stereocenters. The summed E-state index contributed by atoms with van der Waals surface area (Å²) in [4.78, 5) is -0.179. The predicted molar refractivity (Wildman–Crippen MR) is 70.0 cm³/mol. The number of rotatable bonds is 2. The molecule has 1 aliphatic heterocycles. The SMILES string of the molecule is C[C@@H]1COCCN1S(=O)(=O)c1cc(N)c(F)cc1Cl. The van der Waals surface area contributed by atoms with Crippen LogP contribution in [-0.4, -0.2) is 38.5 Å². The fraction of sp³-hybridized carbons (Fsp3) is 0.455. The molecule has 0 aromatic heterocycles. The second-order valence-electron chi connectivity index (χ2n) is 4.34. The van der Waals surface area contributed by atoms with Crippen molar-refractivity contribution < 1.29 is 17.5 Å². The van der Waals surface area contributed by atoms with Crippen molar-refractivity contribution in [3.05, 3.63) is 23.0 Å². The van der Waals surface area contributed by atoms with Crippen LogP contribution in [0.2, 0.25) is 5.02 Å². The third-order valence-corrected chi connectivity index (χ3v) is 5.42. The van der Waals surface area contributed by atoms with E-state index < -0.39 is 15.8 Å². The van der Waals surface area contributed by atoms with Crippen molar-refractivity contribution in [1.29, 1.82) is 0 Å². The molecule has 0 amide bonds. The highest BCUT2D eigenvalue weighted by molar-refractivity contribution is 7.89. The number of ether oxygens (including phenoxy) is 1. The number of anilines is 1. The lowest BCUT2D eigenvalue weighted by molar-refractivity contribution is 0.0393. The molecule has 106 valence electrons. The highest BCUT2D eigenvalue weighted by atomic mass is 35.5. The number of morpholine rings is 1. The third-order valence-electron chi connectivity index (χ3n) is 2.94. The number of benzene rings is 1. The van der Waals surface area contributed by atoms with E-state index in [4.69, 9.17) is 22.1 Å². The summed E-state index contributed by atoms with van der Waals surface area (Å²) in [5.41, 5.74) is 5.16. The molecular formula is C11H14ClFN2O3S. The van der Waals surface area contributed by atoms with Gasteiger partial charge in [-0.15, -0.1) is 0 Å². The fourth-order valence-corrected chi connectivity index (χ4v) is 4.06. The van der Waals surface area contributed by atoms with Gasteiger partial charge in [0.25, 0.3) is 0 Å². The number of nitrogen functional groups attached to an aromatic ring is 1. The van der Waals surface area contributed by atoms with E-state index in [-0.39, 0.29) is 28.2 Å². The Labute approximate surface area is 116 Å². The maximum Gasteiger partial charge on any atom is 0.245 e. The van der Waals surface area contributed by atoms with Gasteiger partial charge in [-0.1, -0.05) is 11.6 Å². The summed E-state index contributed by atoms with van der Waals surface area (Å²) >= 11 is 5.82. The smallest absolute Gasteiger partial charge is 0.245 e. The summed E-state index contributed by atoms with van der Waals surface area (Å²) in [6.45, 7) is 2.60. The van der Waals surface area contributed by atoms with Crippen molar-refractivity contribution in [2.75, 3.05) is 25.5 Å². The van der Waals surface area contributed by atoms with Crippen LogP contribution in [0.5, 0.6) is 0 Å². The summed E-state index contributed by atoms with van der Waals surface area (Å²) in [5.74, 6) is -0.737. The van der Waals surface area contributed by atoms with Crippen LogP contribution in [0.3, 0.4) is 0 Å². The highest BCUT2D eigenvalue weighted by Crippen LogP contribution is 2.30. The van der Waals surface area contributed by atoms with E-state index >= 15 is 0 Å². The molecule has 1 fully saturated rings. The molecule has 0 radical (unpaired) electrons. The van der Waals surface area contributed by atoms with Gasteiger partial charge < -0.3 is 10.5 Å². The van der Waals surface area contributed by atoms with Crippen LogP contribution < -0.4 is 5.73 Å². The van der Waals surface area contributed by atoms with E-state index in [0.29, 0.717) is 13.2 Å². The van der Waals surface area contributed by atoms with Crippen LogP contribution in [-0.2, 0) is 14.8 Å². The summed E-state index contributed by atoms with van der Waals surface area (Å²) < 4.78 is 44.7. The fourth-order valence-electron chi connectivity index (χ4n) is 1.94. The number of nitrogens with zero attached hydrogens (tertiary/aromatic N) is 1. The molecule has 19 heavy (non-hydrogen) atoms. The van der Waals surface area contributed by atoms with Crippen molar-refractivity contribution in [1.82, 2.24) is 4.31 Å². The number of sulfonamides is 1. The van der Waals surface area contributed by atoms with Gasteiger partial charge in [-0.3, -0.25) is 0 Å². The minimum atomic E-state index is -3.81. The van der Waals surface area contributed by atoms with Crippen LogP contribution >= 0.6 is 11.6 Å². The molecule has 2 N–H and O–H groups in total. The first-order valence-electron chi connectivity index (χ1n) is 5.68. The third kappa shape index (κ3) is 2.69. The van der Waals surface area contributed by atoms with Gasteiger partial charge >= 0.3 is 0 Å². The van der Waals surface area contributed by atoms with E-state index in [0.717, 1.165) is 12.1 Å². The molecule has 2 rings (SSSR count). The molecule has 8 heteroatoms. The largest absolute Gasteiger partial charge is 0.396 e. The maximum absolute atomic E-state index is 13.2. The molecule has 0 aliphatic carbocycles. The quantitative estimate of drug-likeness (QED) is 0.840. The number of halogens is 2. The van der Waals surface area contributed by atoms with Crippen LogP contribution in [0, 0.1) is 5.82 Å². The van der Waals surface area contributed by atoms with Crippen molar-refractivity contribution in [2.45, 2.75) is 17.9 Å². The normalized spacial score (nSPS) is 21.5. The Hall–Kier alpha value is -0.890. The minimum absolute atomic E-state index is 0.176. The number of hydrogen-bond donors (Lipinski definition) is 1. The van der Waals surface area contributed by atoms with Crippen LogP contribution in [0.1, 0.15) is 6.92 Å². The zero-order valence-corrected chi connectivity index (χ0v) is 11.8. The predicted octanol–water partition coefficient (Wildman–Crippen LogP) is 1.47. The second kappa shape index (κ2) is 5.24. The van der Waals surface area contributed by atoms with E-state index in [2.05, 4.69) is 0 Å². The summed E-state index contributed by atoms with van der Waals surface area (Å²) in [6, 6.07) is 1.66. The average molecular weight is 309 g/mol. The first-order chi connectivity index (χ1) is 8.84. The molecule has 0 saturated carbocycles. The van der Waals surface area contributed by atoms with Crippen molar-refractivity contribution in [3.8, 4) is 0 Å². The van der Waals surface area contributed by atoms with E-state index in [1.54, 1.807) is 6.92 Å². The maximum atomic E-state index is 13.2. The Bertz CT molecular complexity index is 594. The van der Waals surface area contributed by atoms with Crippen LogP contribution in [0.15, 0.2) is 17.0 Å². The molecule has 1 saturated heterocycles. The van der Waals surface area contributed by atoms with E-state index in [1.807, 2.05) is 0 Å². The Balaban J connectivity index is 2.47. The molecule has 0 unspecified atom stereocenters. The summed E-state index contributed by atoms with van der Waals surface area (Å²) in [7, 11) is -3.81. The molecule has 0 bridgehead atoms. The molecule has 1 aliphatic rings. The molecule has 1 aromatic rings. The van der Waals surface area contributed by atoms with Gasteiger partial charge in [0.15, 0.2) is 0 Å². The van der Waals surface area contributed by atoms with E-state index in [1.165, 1.54) is 4.31 Å². The van der Waals surface area contributed by atoms with Gasteiger partial charge in [0, 0.05) is 12.6 Å². The van der Waals surface area contributed by atoms with Crippen molar-refractivity contribution in [3.63, 3.8) is 0 Å².